The molecule has 2 amide bonds. The van der Waals surface area contributed by atoms with Crippen LogP contribution in [0.5, 0.6) is 0 Å². The number of carbonyl (C=O) groups excluding carboxylic acids is 2. The number of nitrogens with one attached hydrogen (secondary N) is 2. The number of anilines is 2. The topological polar surface area (TPSA) is 77.8 Å². The third-order valence-corrected chi connectivity index (χ3v) is 6.92. The fourth-order valence-electron chi connectivity index (χ4n) is 4.16. The number of hydrogen-bond donors (Lipinski definition) is 2. The van der Waals surface area contributed by atoms with Crippen LogP contribution in [0.25, 0.3) is 17.4 Å². The number of aryl methyl sites for hydroxylation is 1. The van der Waals surface area contributed by atoms with Crippen molar-refractivity contribution >= 4 is 58.2 Å². The zero-order valence-electron chi connectivity index (χ0n) is 21.5. The number of furan rings is 1. The number of hydrogen-bond acceptors (Lipinski definition) is 5. The number of rotatable bonds is 7. The Kier molecular flexibility index (Phi) is 9.20. The van der Waals surface area contributed by atoms with Gasteiger partial charge in [-0.2, -0.15) is 0 Å². The second kappa shape index (κ2) is 12.8. The van der Waals surface area contributed by atoms with Crippen LogP contribution >= 0.6 is 23.8 Å². The molecule has 0 saturated carbocycles. The molecule has 7 nitrogen and oxygen atoms in total. The lowest BCUT2D eigenvalue weighted by Crippen LogP contribution is -2.48. The highest BCUT2D eigenvalue weighted by molar-refractivity contribution is 7.80. The number of amides is 2. The van der Waals surface area contributed by atoms with Gasteiger partial charge < -0.3 is 19.5 Å². The summed E-state index contributed by atoms with van der Waals surface area (Å²) in [6.07, 6.45) is 4.44. The molecule has 2 aromatic carbocycles. The molecule has 3 aromatic rings. The third kappa shape index (κ3) is 7.24. The van der Waals surface area contributed by atoms with Gasteiger partial charge in [-0.1, -0.05) is 30.7 Å². The van der Waals surface area contributed by atoms with Crippen LogP contribution in [0.15, 0.2) is 65.1 Å². The Morgan fingerprint density at radius 1 is 1.05 bits per heavy atom. The fourth-order valence-corrected chi connectivity index (χ4v) is 4.56. The van der Waals surface area contributed by atoms with Crippen LogP contribution in [0.3, 0.4) is 0 Å². The first-order valence-corrected chi connectivity index (χ1v) is 13.4. The highest BCUT2D eigenvalue weighted by atomic mass is 35.5. The zero-order chi connectivity index (χ0) is 27.1. The molecule has 198 valence electrons. The number of halogens is 1. The molecule has 0 unspecified atom stereocenters. The Morgan fingerprint density at radius 3 is 2.47 bits per heavy atom. The summed E-state index contributed by atoms with van der Waals surface area (Å²) in [7, 11) is 0. The minimum absolute atomic E-state index is 0.199. The summed E-state index contributed by atoms with van der Waals surface area (Å²) >= 11 is 11.5. The van der Waals surface area contributed by atoms with Crippen molar-refractivity contribution in [2.45, 2.75) is 26.7 Å². The van der Waals surface area contributed by atoms with Gasteiger partial charge in [-0.05, 0) is 79.7 Å². The largest absolute Gasteiger partial charge is 0.457 e. The van der Waals surface area contributed by atoms with E-state index in [1.165, 1.54) is 6.08 Å². The summed E-state index contributed by atoms with van der Waals surface area (Å²) in [4.78, 5) is 28.6. The fraction of sp³-hybridized carbons (Fsp3) is 0.276. The summed E-state index contributed by atoms with van der Waals surface area (Å²) < 4.78 is 5.81. The molecule has 9 heteroatoms. The molecule has 1 aliphatic heterocycles. The van der Waals surface area contributed by atoms with Gasteiger partial charge in [0.2, 0.25) is 11.8 Å². The summed E-state index contributed by atoms with van der Waals surface area (Å²) in [5.41, 5.74) is 3.72. The molecule has 1 saturated heterocycles. The van der Waals surface area contributed by atoms with Crippen LogP contribution in [0.2, 0.25) is 5.02 Å². The van der Waals surface area contributed by atoms with Crippen molar-refractivity contribution in [3.8, 4) is 11.3 Å². The third-order valence-electron chi connectivity index (χ3n) is 6.31. The molecule has 2 heterocycles. The summed E-state index contributed by atoms with van der Waals surface area (Å²) in [6.45, 7) is 7.05. The maximum atomic E-state index is 12.3. The molecule has 0 bridgehead atoms. The molecular formula is C29H31ClN4O3S. The number of nitrogens with zero attached hydrogens (tertiary/aromatic N) is 2. The zero-order valence-corrected chi connectivity index (χ0v) is 23.1. The van der Waals surface area contributed by atoms with Crippen molar-refractivity contribution in [2.75, 3.05) is 36.4 Å². The first-order valence-electron chi connectivity index (χ1n) is 12.6. The van der Waals surface area contributed by atoms with E-state index in [4.69, 9.17) is 28.2 Å². The molecule has 0 atom stereocenters. The lowest BCUT2D eigenvalue weighted by molar-refractivity contribution is -0.131. The SMILES string of the molecule is CCCC(=O)N1CCN(c2ccc(NC(=S)NC(=O)/C=C/c3ccc(-c4ccc(C)c(Cl)c4)o3)cc2)CC1. The van der Waals surface area contributed by atoms with Gasteiger partial charge in [0.15, 0.2) is 5.11 Å². The van der Waals surface area contributed by atoms with Crippen molar-refractivity contribution in [2.24, 2.45) is 0 Å². The van der Waals surface area contributed by atoms with Crippen LogP contribution in [0, 0.1) is 6.92 Å². The monoisotopic (exact) mass is 550 g/mol. The van der Waals surface area contributed by atoms with E-state index in [9.17, 15) is 9.59 Å². The molecule has 4 rings (SSSR count). The molecule has 0 spiro atoms. The minimum atomic E-state index is -0.369. The molecule has 0 radical (unpaired) electrons. The summed E-state index contributed by atoms with van der Waals surface area (Å²) in [5, 5.41) is 6.54. The van der Waals surface area contributed by atoms with Gasteiger partial charge in [0.25, 0.3) is 0 Å². The Balaban J connectivity index is 1.24. The van der Waals surface area contributed by atoms with E-state index >= 15 is 0 Å². The number of carbonyl (C=O) groups is 2. The quantitative estimate of drug-likeness (QED) is 0.282. The normalized spacial score (nSPS) is 13.6. The standard InChI is InChI=1S/C29H31ClN4O3S/c1-3-4-28(36)34-17-15-33(16-18-34)23-9-7-22(8-10-23)31-29(38)32-27(35)14-12-24-11-13-26(37-24)21-6-5-20(2)25(30)19-21/h5-14,19H,3-4,15-18H2,1-2H3,(H2,31,32,35,38)/b14-12+. The van der Waals surface area contributed by atoms with Crippen molar-refractivity contribution in [3.63, 3.8) is 0 Å². The van der Waals surface area contributed by atoms with E-state index in [1.54, 1.807) is 12.1 Å². The Morgan fingerprint density at radius 2 is 1.79 bits per heavy atom. The molecule has 38 heavy (non-hydrogen) atoms. The van der Waals surface area contributed by atoms with E-state index in [2.05, 4.69) is 15.5 Å². The highest BCUT2D eigenvalue weighted by Crippen LogP contribution is 2.27. The van der Waals surface area contributed by atoms with Crippen LogP contribution in [-0.2, 0) is 9.59 Å². The smallest absolute Gasteiger partial charge is 0.250 e. The van der Waals surface area contributed by atoms with Crippen LogP contribution in [0.4, 0.5) is 11.4 Å². The van der Waals surface area contributed by atoms with Crippen molar-refractivity contribution in [1.29, 1.82) is 0 Å². The second-order valence-electron chi connectivity index (χ2n) is 9.11. The van der Waals surface area contributed by atoms with Gasteiger partial charge >= 0.3 is 0 Å². The predicted octanol–water partition coefficient (Wildman–Crippen LogP) is 5.88. The average molecular weight is 551 g/mol. The van der Waals surface area contributed by atoms with Gasteiger partial charge in [0, 0.05) is 60.6 Å². The summed E-state index contributed by atoms with van der Waals surface area (Å²) in [6, 6.07) is 17.2. The Bertz CT molecular complexity index is 1330. The van der Waals surface area contributed by atoms with Gasteiger partial charge in [0.1, 0.15) is 11.5 Å². The predicted molar refractivity (Wildman–Crippen MR) is 157 cm³/mol. The first kappa shape index (κ1) is 27.4. The minimum Gasteiger partial charge on any atom is -0.457 e. The van der Waals surface area contributed by atoms with Crippen LogP contribution in [0.1, 0.15) is 31.1 Å². The van der Waals surface area contributed by atoms with E-state index < -0.39 is 0 Å². The first-order chi connectivity index (χ1) is 18.3. The van der Waals surface area contributed by atoms with Crippen molar-refractivity contribution < 1.29 is 14.0 Å². The Hall–Kier alpha value is -3.62. The van der Waals surface area contributed by atoms with Gasteiger partial charge in [-0.15, -0.1) is 0 Å². The number of piperazine rings is 1. The van der Waals surface area contributed by atoms with E-state index in [1.807, 2.05) is 67.3 Å². The van der Waals surface area contributed by atoms with Crippen molar-refractivity contribution in [1.82, 2.24) is 10.2 Å². The molecule has 0 aliphatic carbocycles. The average Bonchev–Trinajstić information content (AvgIpc) is 3.39. The summed E-state index contributed by atoms with van der Waals surface area (Å²) in [5.74, 6) is 1.07. The Labute approximate surface area is 233 Å². The maximum absolute atomic E-state index is 12.3. The van der Waals surface area contributed by atoms with Crippen molar-refractivity contribution in [3.05, 3.63) is 77.0 Å². The number of thiocarbonyl (C=S) groups is 1. The van der Waals surface area contributed by atoms with E-state index in [-0.39, 0.29) is 16.9 Å². The van der Waals surface area contributed by atoms with Gasteiger partial charge in [-0.25, -0.2) is 0 Å². The highest BCUT2D eigenvalue weighted by Gasteiger charge is 2.20. The van der Waals surface area contributed by atoms with E-state index in [0.29, 0.717) is 23.0 Å². The molecule has 2 N–H and O–H groups in total. The maximum Gasteiger partial charge on any atom is 0.250 e. The second-order valence-corrected chi connectivity index (χ2v) is 9.92. The molecule has 1 fully saturated rings. The molecule has 1 aromatic heterocycles. The lowest BCUT2D eigenvalue weighted by Gasteiger charge is -2.36. The number of benzene rings is 2. The molecule has 1 aliphatic rings. The molecular weight excluding hydrogens is 520 g/mol. The van der Waals surface area contributed by atoms with E-state index in [0.717, 1.165) is 55.1 Å². The van der Waals surface area contributed by atoms with Crippen LogP contribution < -0.4 is 15.5 Å². The van der Waals surface area contributed by atoms with Gasteiger partial charge in [0.05, 0.1) is 0 Å². The van der Waals surface area contributed by atoms with Crippen LogP contribution in [-0.4, -0.2) is 48.0 Å². The lowest BCUT2D eigenvalue weighted by atomic mass is 10.1. The van der Waals surface area contributed by atoms with Gasteiger partial charge in [-0.3, -0.25) is 14.9 Å².